The minimum absolute atomic E-state index is 0.0697. The van der Waals surface area contributed by atoms with Gasteiger partial charge in [0.15, 0.2) is 0 Å². The molecule has 0 bridgehead atoms. The van der Waals surface area contributed by atoms with Gasteiger partial charge in [0, 0.05) is 6.42 Å². The number of hydrogen-bond donors (Lipinski definition) is 3. The SMILES string of the molecule is CCCCCCC/C=C\C/C=C\C/C=C\CCCCCCCCCCCCC(=O)NC(CO)C(O)/C=C/CCCCCCCCCCCCC. The molecular weight excluding hydrogens is 615 g/mol. The Bertz CT molecular complexity index is 801. The molecular formula is C46H85NO3. The number of unbranched alkanes of at least 4 members (excludes halogenated alkanes) is 26. The van der Waals surface area contributed by atoms with Crippen molar-refractivity contribution in [2.45, 2.75) is 231 Å². The van der Waals surface area contributed by atoms with Gasteiger partial charge in [-0.25, -0.2) is 0 Å². The van der Waals surface area contributed by atoms with Crippen molar-refractivity contribution >= 4 is 5.91 Å². The van der Waals surface area contributed by atoms with Gasteiger partial charge in [0.05, 0.1) is 18.8 Å². The first-order valence-corrected chi connectivity index (χ1v) is 21.9. The van der Waals surface area contributed by atoms with Crippen LogP contribution in [0.5, 0.6) is 0 Å². The lowest BCUT2D eigenvalue weighted by atomic mass is 10.0. The number of carbonyl (C=O) groups excluding carboxylic acids is 1. The van der Waals surface area contributed by atoms with Crippen LogP contribution in [0.4, 0.5) is 0 Å². The Hall–Kier alpha value is -1.65. The van der Waals surface area contributed by atoms with Crippen molar-refractivity contribution in [1.29, 1.82) is 0 Å². The van der Waals surface area contributed by atoms with E-state index >= 15 is 0 Å². The molecule has 0 saturated carbocycles. The Kier molecular flexibility index (Phi) is 40.4. The van der Waals surface area contributed by atoms with Gasteiger partial charge in [-0.2, -0.15) is 0 Å². The maximum atomic E-state index is 12.4. The minimum atomic E-state index is -0.840. The quantitative estimate of drug-likeness (QED) is 0.0442. The first-order chi connectivity index (χ1) is 24.7. The molecule has 0 saturated heterocycles. The molecule has 0 aliphatic carbocycles. The van der Waals surface area contributed by atoms with Gasteiger partial charge in [0.25, 0.3) is 0 Å². The number of rotatable bonds is 39. The zero-order valence-corrected chi connectivity index (χ0v) is 33.4. The molecule has 2 unspecified atom stereocenters. The van der Waals surface area contributed by atoms with Crippen LogP contribution in [-0.2, 0) is 4.79 Å². The predicted molar refractivity (Wildman–Crippen MR) is 221 cm³/mol. The van der Waals surface area contributed by atoms with Crippen molar-refractivity contribution < 1.29 is 15.0 Å². The summed E-state index contributed by atoms with van der Waals surface area (Å²) >= 11 is 0. The Morgan fingerprint density at radius 2 is 0.820 bits per heavy atom. The highest BCUT2D eigenvalue weighted by Gasteiger charge is 2.17. The van der Waals surface area contributed by atoms with Gasteiger partial charge < -0.3 is 15.5 Å². The highest BCUT2D eigenvalue weighted by atomic mass is 16.3. The van der Waals surface area contributed by atoms with Crippen molar-refractivity contribution in [3.63, 3.8) is 0 Å². The molecule has 292 valence electrons. The Morgan fingerprint density at radius 1 is 0.480 bits per heavy atom. The smallest absolute Gasteiger partial charge is 0.220 e. The summed E-state index contributed by atoms with van der Waals surface area (Å²) in [5.41, 5.74) is 0. The van der Waals surface area contributed by atoms with Crippen LogP contribution in [0, 0.1) is 0 Å². The molecule has 0 aliphatic heterocycles. The van der Waals surface area contributed by atoms with Crippen LogP contribution in [0.15, 0.2) is 48.6 Å². The van der Waals surface area contributed by atoms with Crippen molar-refractivity contribution in [3.8, 4) is 0 Å². The largest absolute Gasteiger partial charge is 0.394 e. The molecule has 0 aromatic rings. The van der Waals surface area contributed by atoms with Crippen LogP contribution in [0.1, 0.15) is 219 Å². The number of amides is 1. The molecule has 1 amide bonds. The molecule has 0 aromatic heterocycles. The van der Waals surface area contributed by atoms with Gasteiger partial charge in [-0.3, -0.25) is 4.79 Å². The molecule has 4 heteroatoms. The second-order valence-corrected chi connectivity index (χ2v) is 14.8. The zero-order valence-electron chi connectivity index (χ0n) is 33.4. The lowest BCUT2D eigenvalue weighted by molar-refractivity contribution is -0.123. The minimum Gasteiger partial charge on any atom is -0.394 e. The molecule has 0 fully saturated rings. The van der Waals surface area contributed by atoms with Crippen molar-refractivity contribution in [2.75, 3.05) is 6.61 Å². The van der Waals surface area contributed by atoms with E-state index in [2.05, 4.69) is 55.6 Å². The summed E-state index contributed by atoms with van der Waals surface area (Å²) in [6.45, 7) is 4.29. The van der Waals surface area contributed by atoms with Crippen molar-refractivity contribution in [2.24, 2.45) is 0 Å². The highest BCUT2D eigenvalue weighted by molar-refractivity contribution is 5.76. The van der Waals surface area contributed by atoms with E-state index in [0.717, 1.165) is 38.5 Å². The Labute approximate surface area is 312 Å². The predicted octanol–water partition coefficient (Wildman–Crippen LogP) is 13.6. The monoisotopic (exact) mass is 700 g/mol. The zero-order chi connectivity index (χ0) is 36.4. The van der Waals surface area contributed by atoms with Crippen LogP contribution < -0.4 is 5.32 Å². The summed E-state index contributed by atoms with van der Waals surface area (Å²) in [7, 11) is 0. The third-order valence-corrected chi connectivity index (χ3v) is 9.81. The van der Waals surface area contributed by atoms with E-state index in [9.17, 15) is 15.0 Å². The number of allylic oxidation sites excluding steroid dienone is 7. The standard InChI is InChI=1S/C46H85NO3/c1-3-5-7-9-11-13-15-17-18-19-20-21-22-23-24-25-26-27-28-30-32-34-36-38-40-42-46(50)47-44(43-48)45(49)41-39-37-35-33-31-29-16-14-12-10-8-6-4-2/h15,17,19-20,22-23,39,41,44-45,48-49H,3-14,16,18,21,24-38,40,42-43H2,1-2H3,(H,47,50)/b17-15-,20-19-,23-22-,41-39+. The molecule has 2 atom stereocenters. The van der Waals surface area contributed by atoms with Gasteiger partial charge in [0.1, 0.15) is 0 Å². The number of aliphatic hydroxyl groups excluding tert-OH is 2. The number of aliphatic hydroxyl groups is 2. The van der Waals surface area contributed by atoms with E-state index in [1.807, 2.05) is 6.08 Å². The number of nitrogens with one attached hydrogen (secondary N) is 1. The fourth-order valence-corrected chi connectivity index (χ4v) is 6.42. The van der Waals surface area contributed by atoms with Crippen LogP contribution in [0.3, 0.4) is 0 Å². The van der Waals surface area contributed by atoms with Crippen LogP contribution in [0.25, 0.3) is 0 Å². The fraction of sp³-hybridized carbons (Fsp3) is 0.804. The summed E-state index contributed by atoms with van der Waals surface area (Å²) in [5, 5.41) is 23.0. The second kappa shape index (κ2) is 41.8. The molecule has 0 aliphatic rings. The Morgan fingerprint density at radius 3 is 1.22 bits per heavy atom. The topological polar surface area (TPSA) is 69.6 Å². The number of hydrogen-bond acceptors (Lipinski definition) is 3. The summed E-state index contributed by atoms with van der Waals surface area (Å²) in [4.78, 5) is 12.4. The van der Waals surface area contributed by atoms with Crippen molar-refractivity contribution in [1.82, 2.24) is 5.32 Å². The maximum Gasteiger partial charge on any atom is 0.220 e. The molecule has 4 nitrogen and oxygen atoms in total. The summed E-state index contributed by atoms with van der Waals surface area (Å²) in [5.74, 6) is -0.0697. The summed E-state index contributed by atoms with van der Waals surface area (Å²) in [6, 6.07) is -0.624. The third-order valence-electron chi connectivity index (χ3n) is 9.81. The summed E-state index contributed by atoms with van der Waals surface area (Å²) < 4.78 is 0. The average molecular weight is 700 g/mol. The van der Waals surface area contributed by atoms with Crippen LogP contribution in [0.2, 0.25) is 0 Å². The lowest BCUT2D eigenvalue weighted by Crippen LogP contribution is -2.45. The average Bonchev–Trinajstić information content (AvgIpc) is 3.12. The Balaban J connectivity index is 3.57. The molecule has 0 radical (unpaired) electrons. The molecule has 50 heavy (non-hydrogen) atoms. The lowest BCUT2D eigenvalue weighted by Gasteiger charge is -2.20. The van der Waals surface area contributed by atoms with E-state index in [-0.39, 0.29) is 12.5 Å². The summed E-state index contributed by atoms with van der Waals surface area (Å²) in [6.07, 6.45) is 56.4. The molecule has 0 rings (SSSR count). The van der Waals surface area contributed by atoms with Gasteiger partial charge in [-0.15, -0.1) is 0 Å². The van der Waals surface area contributed by atoms with E-state index in [1.54, 1.807) is 6.08 Å². The molecule has 0 heterocycles. The second-order valence-electron chi connectivity index (χ2n) is 14.8. The van der Waals surface area contributed by atoms with Crippen LogP contribution >= 0.6 is 0 Å². The van der Waals surface area contributed by atoms with E-state index in [0.29, 0.717) is 6.42 Å². The molecule has 3 N–H and O–H groups in total. The maximum absolute atomic E-state index is 12.4. The van der Waals surface area contributed by atoms with E-state index < -0.39 is 12.1 Å². The first-order valence-electron chi connectivity index (χ1n) is 21.9. The normalized spacial score (nSPS) is 13.4. The number of carbonyl (C=O) groups is 1. The van der Waals surface area contributed by atoms with E-state index in [4.69, 9.17) is 0 Å². The van der Waals surface area contributed by atoms with Gasteiger partial charge in [-0.1, -0.05) is 204 Å². The first kappa shape index (κ1) is 48.3. The van der Waals surface area contributed by atoms with Gasteiger partial charge in [-0.05, 0) is 57.8 Å². The van der Waals surface area contributed by atoms with Crippen molar-refractivity contribution in [3.05, 3.63) is 48.6 Å². The molecule has 0 spiro atoms. The van der Waals surface area contributed by atoms with E-state index in [1.165, 1.54) is 161 Å². The highest BCUT2D eigenvalue weighted by Crippen LogP contribution is 2.14. The molecule has 0 aromatic carbocycles. The van der Waals surface area contributed by atoms with Crippen LogP contribution in [-0.4, -0.2) is 34.9 Å². The fourth-order valence-electron chi connectivity index (χ4n) is 6.42. The van der Waals surface area contributed by atoms with Gasteiger partial charge in [0.2, 0.25) is 5.91 Å². The third kappa shape index (κ3) is 37.6. The van der Waals surface area contributed by atoms with Gasteiger partial charge >= 0.3 is 0 Å².